The summed E-state index contributed by atoms with van der Waals surface area (Å²) < 4.78 is 2.02. The summed E-state index contributed by atoms with van der Waals surface area (Å²) in [4.78, 5) is 9.21. The van der Waals surface area contributed by atoms with Gasteiger partial charge in [-0.05, 0) is 63.4 Å². The van der Waals surface area contributed by atoms with Gasteiger partial charge in [-0.1, -0.05) is 6.92 Å². The zero-order valence-electron chi connectivity index (χ0n) is 11.1. The molecule has 2 aromatic rings. The van der Waals surface area contributed by atoms with Crippen molar-refractivity contribution in [1.82, 2.24) is 9.97 Å². The van der Waals surface area contributed by atoms with Crippen LogP contribution in [0.3, 0.4) is 0 Å². The van der Waals surface area contributed by atoms with Crippen LogP contribution in [0.2, 0.25) is 0 Å². The van der Waals surface area contributed by atoms with Crippen molar-refractivity contribution in [2.45, 2.75) is 20.3 Å². The molecular formula is C14H15Br2N3. The van der Waals surface area contributed by atoms with E-state index in [4.69, 9.17) is 0 Å². The fourth-order valence-corrected chi connectivity index (χ4v) is 2.62. The third-order valence-electron chi connectivity index (χ3n) is 2.98. The van der Waals surface area contributed by atoms with Crippen LogP contribution in [0.25, 0.3) is 11.4 Å². The Morgan fingerprint density at radius 3 is 2.47 bits per heavy atom. The molecule has 1 N–H and O–H groups in total. The predicted molar refractivity (Wildman–Crippen MR) is 86.5 cm³/mol. The Labute approximate surface area is 130 Å². The highest BCUT2D eigenvalue weighted by Gasteiger charge is 2.11. The summed E-state index contributed by atoms with van der Waals surface area (Å²) in [5.41, 5.74) is 3.19. The molecule has 0 aliphatic carbocycles. The quantitative estimate of drug-likeness (QED) is 0.841. The maximum atomic E-state index is 4.61. The van der Waals surface area contributed by atoms with Crippen molar-refractivity contribution in [2.24, 2.45) is 0 Å². The van der Waals surface area contributed by atoms with Gasteiger partial charge in [0.15, 0.2) is 5.82 Å². The zero-order valence-corrected chi connectivity index (χ0v) is 14.3. The summed E-state index contributed by atoms with van der Waals surface area (Å²) >= 11 is 6.97. The van der Waals surface area contributed by atoms with Gasteiger partial charge in [-0.25, -0.2) is 9.97 Å². The lowest BCUT2D eigenvalue weighted by molar-refractivity contribution is 1.00. The minimum Gasteiger partial charge on any atom is -0.373 e. The first-order chi connectivity index (χ1) is 9.06. The van der Waals surface area contributed by atoms with E-state index in [9.17, 15) is 0 Å². The Morgan fingerprint density at radius 2 is 1.89 bits per heavy atom. The number of rotatable bonds is 3. The van der Waals surface area contributed by atoms with E-state index in [1.165, 1.54) is 5.56 Å². The molecule has 5 heteroatoms. The fourth-order valence-electron chi connectivity index (χ4n) is 1.99. The molecular weight excluding hydrogens is 370 g/mol. The van der Waals surface area contributed by atoms with Crippen LogP contribution < -0.4 is 5.32 Å². The lowest BCUT2D eigenvalue weighted by Gasteiger charge is -2.12. The predicted octanol–water partition coefficient (Wildman–Crippen LogP) is 4.58. The van der Waals surface area contributed by atoms with Gasteiger partial charge in [0.1, 0.15) is 5.82 Å². The second-order valence-corrected chi connectivity index (χ2v) is 5.90. The van der Waals surface area contributed by atoms with E-state index in [1.54, 1.807) is 0 Å². The highest BCUT2D eigenvalue weighted by molar-refractivity contribution is 9.13. The number of benzene rings is 1. The van der Waals surface area contributed by atoms with E-state index in [0.29, 0.717) is 0 Å². The minimum absolute atomic E-state index is 0.743. The Kier molecular flexibility index (Phi) is 4.58. The first-order valence-corrected chi connectivity index (χ1v) is 7.66. The Morgan fingerprint density at radius 1 is 1.16 bits per heavy atom. The molecule has 0 bridgehead atoms. The van der Waals surface area contributed by atoms with Gasteiger partial charge in [-0.2, -0.15) is 0 Å². The number of aryl methyl sites for hydroxylation is 1. The third kappa shape index (κ3) is 2.98. The second-order valence-electron chi connectivity index (χ2n) is 4.19. The summed E-state index contributed by atoms with van der Waals surface area (Å²) in [6.07, 6.45) is 0.923. The Balaban J connectivity index is 2.56. The molecule has 0 aliphatic rings. The van der Waals surface area contributed by atoms with Gasteiger partial charge >= 0.3 is 0 Å². The van der Waals surface area contributed by atoms with Crippen LogP contribution in [0.1, 0.15) is 18.2 Å². The van der Waals surface area contributed by atoms with Gasteiger partial charge < -0.3 is 5.32 Å². The van der Waals surface area contributed by atoms with Crippen LogP contribution in [0.4, 0.5) is 5.82 Å². The molecule has 0 saturated carbocycles. The lowest BCUT2D eigenvalue weighted by Crippen LogP contribution is -2.04. The van der Waals surface area contributed by atoms with Crippen molar-refractivity contribution in [3.05, 3.63) is 38.4 Å². The highest BCUT2D eigenvalue weighted by atomic mass is 79.9. The third-order valence-corrected chi connectivity index (χ3v) is 4.86. The number of nitrogens with one attached hydrogen (secondary N) is 1. The number of halogens is 2. The van der Waals surface area contributed by atoms with Crippen LogP contribution >= 0.6 is 31.9 Å². The molecule has 0 amide bonds. The molecule has 0 saturated heterocycles. The average molecular weight is 385 g/mol. The molecule has 0 fully saturated rings. The molecule has 1 aromatic carbocycles. The summed E-state index contributed by atoms with van der Waals surface area (Å²) in [6.45, 7) is 4.14. The smallest absolute Gasteiger partial charge is 0.161 e. The lowest BCUT2D eigenvalue weighted by atomic mass is 10.1. The molecule has 1 heterocycles. The molecule has 0 aliphatic heterocycles. The van der Waals surface area contributed by atoms with Crippen LogP contribution in [-0.4, -0.2) is 17.0 Å². The second kappa shape index (κ2) is 6.01. The number of nitrogens with zero attached hydrogens (tertiary/aromatic N) is 2. The van der Waals surface area contributed by atoms with Gasteiger partial charge in [-0.3, -0.25) is 0 Å². The SMILES string of the molecule is CCc1c(C)nc(-c2ccc(Br)c(Br)c2)nc1NC. The summed E-state index contributed by atoms with van der Waals surface area (Å²) in [5.74, 6) is 1.65. The Bertz CT molecular complexity index is 612. The maximum Gasteiger partial charge on any atom is 0.161 e. The van der Waals surface area contributed by atoms with Gasteiger partial charge in [0.05, 0.1) is 0 Å². The van der Waals surface area contributed by atoms with E-state index >= 15 is 0 Å². The molecule has 1 aromatic heterocycles. The van der Waals surface area contributed by atoms with E-state index in [1.807, 2.05) is 32.2 Å². The van der Waals surface area contributed by atoms with Crippen molar-refractivity contribution >= 4 is 37.7 Å². The van der Waals surface area contributed by atoms with E-state index < -0.39 is 0 Å². The van der Waals surface area contributed by atoms with Crippen molar-refractivity contribution < 1.29 is 0 Å². The van der Waals surface area contributed by atoms with E-state index in [-0.39, 0.29) is 0 Å². The highest BCUT2D eigenvalue weighted by Crippen LogP contribution is 2.29. The number of hydrogen-bond donors (Lipinski definition) is 1. The average Bonchev–Trinajstić information content (AvgIpc) is 2.40. The van der Waals surface area contributed by atoms with Gasteiger partial charge in [0.25, 0.3) is 0 Å². The largest absolute Gasteiger partial charge is 0.373 e. The first kappa shape index (κ1) is 14.5. The van der Waals surface area contributed by atoms with Crippen molar-refractivity contribution in [1.29, 1.82) is 0 Å². The molecule has 0 spiro atoms. The maximum absolute atomic E-state index is 4.61. The number of hydrogen-bond acceptors (Lipinski definition) is 3. The monoisotopic (exact) mass is 383 g/mol. The van der Waals surface area contributed by atoms with Gasteiger partial charge in [-0.15, -0.1) is 0 Å². The summed E-state index contributed by atoms with van der Waals surface area (Å²) in [7, 11) is 1.89. The standard InChI is InChI=1S/C14H15Br2N3/c1-4-10-8(2)18-13(19-14(10)17-3)9-5-6-11(15)12(16)7-9/h5-7H,4H2,1-3H3,(H,17,18,19). The van der Waals surface area contributed by atoms with Crippen molar-refractivity contribution in [3.63, 3.8) is 0 Å². The fraction of sp³-hybridized carbons (Fsp3) is 0.286. The zero-order chi connectivity index (χ0) is 14.0. The van der Waals surface area contributed by atoms with E-state index in [2.05, 4.69) is 54.1 Å². The van der Waals surface area contributed by atoms with Gasteiger partial charge in [0.2, 0.25) is 0 Å². The Hall–Kier alpha value is -0.940. The molecule has 0 radical (unpaired) electrons. The molecule has 2 rings (SSSR count). The summed E-state index contributed by atoms with van der Waals surface area (Å²) in [6, 6.07) is 6.02. The first-order valence-electron chi connectivity index (χ1n) is 6.07. The number of anilines is 1. The van der Waals surface area contributed by atoms with Crippen molar-refractivity contribution in [2.75, 3.05) is 12.4 Å². The summed E-state index contributed by atoms with van der Waals surface area (Å²) in [5, 5.41) is 3.15. The van der Waals surface area contributed by atoms with E-state index in [0.717, 1.165) is 38.3 Å². The van der Waals surface area contributed by atoms with Crippen molar-refractivity contribution in [3.8, 4) is 11.4 Å². The normalized spacial score (nSPS) is 10.6. The van der Waals surface area contributed by atoms with Crippen LogP contribution in [0.5, 0.6) is 0 Å². The number of aromatic nitrogens is 2. The molecule has 0 unspecified atom stereocenters. The molecule has 19 heavy (non-hydrogen) atoms. The van der Waals surface area contributed by atoms with Crippen LogP contribution in [0.15, 0.2) is 27.1 Å². The molecule has 0 atom stereocenters. The van der Waals surface area contributed by atoms with Crippen LogP contribution in [0, 0.1) is 6.92 Å². The van der Waals surface area contributed by atoms with Crippen LogP contribution in [-0.2, 0) is 6.42 Å². The minimum atomic E-state index is 0.743. The molecule has 100 valence electrons. The van der Waals surface area contributed by atoms with Gasteiger partial charge in [0, 0.05) is 32.8 Å². The molecule has 3 nitrogen and oxygen atoms in total. The topological polar surface area (TPSA) is 37.8 Å².